The molecule has 0 radical (unpaired) electrons. The lowest BCUT2D eigenvalue weighted by atomic mass is 10.1. The largest absolute Gasteiger partial charge is 0.296 e. The van der Waals surface area contributed by atoms with E-state index in [0.29, 0.717) is 28.4 Å². The molecule has 1 N–H and O–H groups in total. The summed E-state index contributed by atoms with van der Waals surface area (Å²) in [5.41, 5.74) is 2.48. The monoisotopic (exact) mass is 403 g/mol. The second kappa shape index (κ2) is 7.32. The lowest BCUT2D eigenvalue weighted by molar-refractivity contribution is -0.124. The third kappa shape index (κ3) is 3.13. The first kappa shape index (κ1) is 19.1. The highest BCUT2D eigenvalue weighted by molar-refractivity contribution is 6.12. The van der Waals surface area contributed by atoms with Gasteiger partial charge in [0.25, 0.3) is 0 Å². The number of nitrogens with zero attached hydrogens (tertiary/aromatic N) is 6. The van der Waals surface area contributed by atoms with Gasteiger partial charge in [-0.15, -0.1) is 0 Å². The van der Waals surface area contributed by atoms with Crippen LogP contribution in [-0.2, 0) is 14.4 Å². The molecule has 10 heteroatoms. The van der Waals surface area contributed by atoms with Crippen molar-refractivity contribution in [1.29, 1.82) is 0 Å². The Morgan fingerprint density at radius 1 is 0.933 bits per heavy atom. The second-order valence-electron chi connectivity index (χ2n) is 6.54. The molecule has 30 heavy (non-hydrogen) atoms. The molecule has 0 unspecified atom stereocenters. The van der Waals surface area contributed by atoms with E-state index in [1.54, 1.807) is 35.0 Å². The summed E-state index contributed by atoms with van der Waals surface area (Å²) in [5.74, 6) is -0.925. The van der Waals surface area contributed by atoms with Crippen LogP contribution in [0, 0.1) is 0 Å². The van der Waals surface area contributed by atoms with Crippen LogP contribution < -0.4 is 10.2 Å². The Morgan fingerprint density at radius 3 is 2.37 bits per heavy atom. The molecule has 3 amide bonds. The van der Waals surface area contributed by atoms with Crippen molar-refractivity contribution in [2.75, 3.05) is 10.2 Å². The Balaban J connectivity index is 2.02. The van der Waals surface area contributed by atoms with Crippen molar-refractivity contribution in [2.45, 2.75) is 20.8 Å². The Morgan fingerprint density at radius 2 is 1.67 bits per heavy atom. The van der Waals surface area contributed by atoms with E-state index >= 15 is 0 Å². The smallest absolute Gasteiger partial charge is 0.239 e. The predicted molar refractivity (Wildman–Crippen MR) is 110 cm³/mol. The summed E-state index contributed by atoms with van der Waals surface area (Å²) in [4.78, 5) is 53.7. The first-order valence-electron chi connectivity index (χ1n) is 9.05. The zero-order chi connectivity index (χ0) is 21.4. The standard InChI is InChI=1S/C20H17N7O3/c1-11(28)24-19-23-10-7-16-17(14-5-4-8-21-18(14)27(16)19)15-6-9-22-20(25-15)26(12(2)29)13(3)30/h4-10H,1-3H3,(H,23,24,28). The maximum atomic E-state index is 11.9. The first-order chi connectivity index (χ1) is 14.4. The number of pyridine rings is 1. The maximum absolute atomic E-state index is 11.9. The van der Waals surface area contributed by atoms with Gasteiger partial charge in [0.05, 0.1) is 11.2 Å². The molecule has 4 heterocycles. The molecule has 4 rings (SSSR count). The molecule has 4 aromatic rings. The summed E-state index contributed by atoms with van der Waals surface area (Å²) in [5, 5.41) is 3.47. The molecule has 10 nitrogen and oxygen atoms in total. The minimum Gasteiger partial charge on any atom is -0.296 e. The summed E-state index contributed by atoms with van der Waals surface area (Å²) >= 11 is 0. The van der Waals surface area contributed by atoms with Crippen LogP contribution in [-0.4, -0.2) is 42.1 Å². The van der Waals surface area contributed by atoms with E-state index in [1.165, 1.54) is 27.0 Å². The van der Waals surface area contributed by atoms with Gasteiger partial charge < -0.3 is 0 Å². The number of aromatic nitrogens is 5. The number of anilines is 2. The fourth-order valence-corrected chi connectivity index (χ4v) is 3.36. The van der Waals surface area contributed by atoms with Gasteiger partial charge in [-0.3, -0.25) is 24.1 Å². The fraction of sp³-hybridized carbons (Fsp3) is 0.150. The summed E-state index contributed by atoms with van der Waals surface area (Å²) in [6.07, 6.45) is 4.70. The molecule has 0 aliphatic carbocycles. The average Bonchev–Trinajstić information content (AvgIpc) is 3.02. The molecule has 0 aliphatic rings. The van der Waals surface area contributed by atoms with Crippen molar-refractivity contribution in [3.05, 3.63) is 42.9 Å². The molecule has 0 saturated carbocycles. The molecule has 0 aromatic carbocycles. The molecule has 0 atom stereocenters. The summed E-state index contributed by atoms with van der Waals surface area (Å²) < 4.78 is 1.72. The third-order valence-corrected chi connectivity index (χ3v) is 4.42. The summed E-state index contributed by atoms with van der Waals surface area (Å²) in [7, 11) is 0. The molecule has 0 aliphatic heterocycles. The topological polar surface area (TPSA) is 122 Å². The Hall–Kier alpha value is -4.21. The highest BCUT2D eigenvalue weighted by Crippen LogP contribution is 2.35. The summed E-state index contributed by atoms with van der Waals surface area (Å²) in [6, 6.07) is 7.12. The fourth-order valence-electron chi connectivity index (χ4n) is 3.36. The Labute approximate surface area is 170 Å². The van der Waals surface area contributed by atoms with E-state index in [9.17, 15) is 14.4 Å². The van der Waals surface area contributed by atoms with E-state index in [2.05, 4.69) is 25.3 Å². The molecular weight excluding hydrogens is 386 g/mol. The van der Waals surface area contributed by atoms with Crippen LogP contribution in [0.4, 0.5) is 11.9 Å². The van der Waals surface area contributed by atoms with E-state index in [-0.39, 0.29) is 11.9 Å². The number of carbonyl (C=O) groups is 3. The van der Waals surface area contributed by atoms with Crippen LogP contribution in [0.2, 0.25) is 0 Å². The molecule has 0 fully saturated rings. The normalized spacial score (nSPS) is 10.9. The number of imide groups is 1. The van der Waals surface area contributed by atoms with Gasteiger partial charge in [0.2, 0.25) is 29.6 Å². The van der Waals surface area contributed by atoms with Gasteiger partial charge in [0, 0.05) is 50.3 Å². The van der Waals surface area contributed by atoms with Gasteiger partial charge in [-0.05, 0) is 24.3 Å². The Kier molecular flexibility index (Phi) is 4.66. The van der Waals surface area contributed by atoms with Crippen molar-refractivity contribution in [3.63, 3.8) is 0 Å². The van der Waals surface area contributed by atoms with Gasteiger partial charge in [-0.25, -0.2) is 24.8 Å². The molecule has 4 aromatic heterocycles. The van der Waals surface area contributed by atoms with Crippen LogP contribution in [0.1, 0.15) is 20.8 Å². The highest BCUT2D eigenvalue weighted by atomic mass is 16.2. The Bertz CT molecular complexity index is 1310. The SMILES string of the molecule is CC(=O)Nc1nccc2c(-c3ccnc(N(C(C)=O)C(C)=O)n3)c3cccnc3n12. The van der Waals surface area contributed by atoms with E-state index in [4.69, 9.17) is 0 Å². The van der Waals surface area contributed by atoms with E-state index in [1.807, 2.05) is 6.07 Å². The zero-order valence-electron chi connectivity index (χ0n) is 16.4. The van der Waals surface area contributed by atoms with Crippen molar-refractivity contribution >= 4 is 46.2 Å². The van der Waals surface area contributed by atoms with Crippen LogP contribution in [0.3, 0.4) is 0 Å². The van der Waals surface area contributed by atoms with Gasteiger partial charge in [0.15, 0.2) is 0 Å². The number of amides is 3. The van der Waals surface area contributed by atoms with Crippen molar-refractivity contribution in [3.8, 4) is 11.3 Å². The number of carbonyl (C=O) groups excluding carboxylic acids is 3. The number of hydrogen-bond acceptors (Lipinski definition) is 7. The lowest BCUT2D eigenvalue weighted by Gasteiger charge is -2.15. The first-order valence-corrected chi connectivity index (χ1v) is 9.05. The van der Waals surface area contributed by atoms with Crippen LogP contribution >= 0.6 is 0 Å². The van der Waals surface area contributed by atoms with E-state index in [0.717, 1.165) is 10.3 Å². The second-order valence-corrected chi connectivity index (χ2v) is 6.54. The molecule has 0 bridgehead atoms. The summed E-state index contributed by atoms with van der Waals surface area (Å²) in [6.45, 7) is 3.95. The van der Waals surface area contributed by atoms with Crippen molar-refractivity contribution in [2.24, 2.45) is 0 Å². The quantitative estimate of drug-likeness (QED) is 0.556. The molecule has 150 valence electrons. The van der Waals surface area contributed by atoms with Crippen molar-refractivity contribution < 1.29 is 14.4 Å². The van der Waals surface area contributed by atoms with Gasteiger partial charge >= 0.3 is 0 Å². The number of rotatable bonds is 3. The minimum atomic E-state index is -0.481. The number of hydrogen-bond donors (Lipinski definition) is 1. The van der Waals surface area contributed by atoms with Gasteiger partial charge in [0.1, 0.15) is 5.65 Å². The number of fused-ring (bicyclic) bond motifs is 3. The zero-order valence-corrected chi connectivity index (χ0v) is 16.4. The highest BCUT2D eigenvalue weighted by Gasteiger charge is 2.22. The predicted octanol–water partition coefficient (Wildman–Crippen LogP) is 2.20. The van der Waals surface area contributed by atoms with Crippen LogP contribution in [0.5, 0.6) is 0 Å². The molecular formula is C20H17N7O3. The van der Waals surface area contributed by atoms with Crippen LogP contribution in [0.15, 0.2) is 42.9 Å². The van der Waals surface area contributed by atoms with Gasteiger partial charge in [-0.1, -0.05) is 0 Å². The molecule has 0 spiro atoms. The average molecular weight is 403 g/mol. The maximum Gasteiger partial charge on any atom is 0.239 e. The minimum absolute atomic E-state index is 0.0139. The number of nitrogens with one attached hydrogen (secondary N) is 1. The lowest BCUT2D eigenvalue weighted by Crippen LogP contribution is -2.34. The van der Waals surface area contributed by atoms with Crippen LogP contribution in [0.25, 0.3) is 27.8 Å². The molecule has 0 saturated heterocycles. The van der Waals surface area contributed by atoms with Gasteiger partial charge in [-0.2, -0.15) is 0 Å². The third-order valence-electron chi connectivity index (χ3n) is 4.42. The van der Waals surface area contributed by atoms with E-state index < -0.39 is 11.8 Å². The van der Waals surface area contributed by atoms with Crippen molar-refractivity contribution in [1.82, 2.24) is 24.3 Å².